The molecule has 0 bridgehead atoms. The molecule has 0 radical (unpaired) electrons. The van der Waals surface area contributed by atoms with Crippen LogP contribution in [0.3, 0.4) is 0 Å². The Morgan fingerprint density at radius 2 is 1.85 bits per heavy atom. The van der Waals surface area contributed by atoms with Gasteiger partial charge < -0.3 is 4.74 Å². The van der Waals surface area contributed by atoms with Crippen LogP contribution in [0, 0.1) is 0 Å². The minimum atomic E-state index is -3.74. The summed E-state index contributed by atoms with van der Waals surface area (Å²) in [5.41, 5.74) is 0.174. The van der Waals surface area contributed by atoms with Gasteiger partial charge in [-0.15, -0.1) is 0 Å². The Morgan fingerprint density at radius 3 is 2.48 bits per heavy atom. The fourth-order valence-electron chi connectivity index (χ4n) is 3.40. The topological polar surface area (TPSA) is 92.8 Å². The zero-order chi connectivity index (χ0) is 19.4. The van der Waals surface area contributed by atoms with Crippen molar-refractivity contribution in [2.45, 2.75) is 48.7 Å². The predicted molar refractivity (Wildman–Crippen MR) is 105 cm³/mol. The highest BCUT2D eigenvalue weighted by molar-refractivity contribution is 8.00. The van der Waals surface area contributed by atoms with Crippen molar-refractivity contribution in [3.05, 3.63) is 18.2 Å². The van der Waals surface area contributed by atoms with E-state index in [1.165, 1.54) is 51.0 Å². The number of methoxy groups -OCH3 is 1. The van der Waals surface area contributed by atoms with Gasteiger partial charge in [0.05, 0.1) is 17.7 Å². The number of thioether (sulfide) groups is 1. The molecule has 0 aromatic heterocycles. The van der Waals surface area contributed by atoms with Gasteiger partial charge in [0.2, 0.25) is 21.8 Å². The smallest absolute Gasteiger partial charge is 0.240 e. The second-order valence-corrected chi connectivity index (χ2v) is 9.81. The van der Waals surface area contributed by atoms with Crippen molar-refractivity contribution in [1.82, 2.24) is 4.72 Å². The number of carbonyl (C=O) groups is 2. The van der Waals surface area contributed by atoms with E-state index in [4.69, 9.17) is 4.74 Å². The average molecular weight is 413 g/mol. The molecule has 0 atom stereocenters. The van der Waals surface area contributed by atoms with Crippen molar-refractivity contribution in [3.8, 4) is 5.75 Å². The van der Waals surface area contributed by atoms with Crippen molar-refractivity contribution in [2.24, 2.45) is 0 Å². The van der Waals surface area contributed by atoms with Crippen LogP contribution in [-0.2, 0) is 19.6 Å². The molecule has 27 heavy (non-hydrogen) atoms. The zero-order valence-electron chi connectivity index (χ0n) is 15.3. The first kappa shape index (κ1) is 20.2. The van der Waals surface area contributed by atoms with Crippen molar-refractivity contribution in [3.63, 3.8) is 0 Å². The number of imide groups is 1. The van der Waals surface area contributed by atoms with Crippen LogP contribution < -0.4 is 14.4 Å². The lowest BCUT2D eigenvalue weighted by Gasteiger charge is -2.18. The highest BCUT2D eigenvalue weighted by atomic mass is 32.2. The summed E-state index contributed by atoms with van der Waals surface area (Å²) in [4.78, 5) is 25.1. The van der Waals surface area contributed by atoms with Gasteiger partial charge in [-0.05, 0) is 31.0 Å². The van der Waals surface area contributed by atoms with Gasteiger partial charge in [-0.3, -0.25) is 9.59 Å². The number of benzene rings is 1. The molecule has 2 amide bonds. The summed E-state index contributed by atoms with van der Waals surface area (Å²) >= 11 is 1.81. The molecule has 9 heteroatoms. The highest BCUT2D eigenvalue weighted by Crippen LogP contribution is 2.34. The molecule has 1 saturated carbocycles. The quantitative estimate of drug-likeness (QED) is 0.520. The van der Waals surface area contributed by atoms with Crippen molar-refractivity contribution < 1.29 is 22.7 Å². The Balaban J connectivity index is 1.72. The molecule has 2 fully saturated rings. The van der Waals surface area contributed by atoms with E-state index in [1.54, 1.807) is 11.8 Å². The summed E-state index contributed by atoms with van der Waals surface area (Å²) in [6.45, 7) is 0.340. The van der Waals surface area contributed by atoms with E-state index in [-0.39, 0.29) is 41.0 Å². The number of amides is 2. The van der Waals surface area contributed by atoms with E-state index in [1.807, 2.05) is 0 Å². The third-order valence-corrected chi connectivity index (χ3v) is 7.64. The van der Waals surface area contributed by atoms with Gasteiger partial charge in [0.25, 0.3) is 0 Å². The minimum Gasteiger partial charge on any atom is -0.495 e. The van der Waals surface area contributed by atoms with Crippen LogP contribution >= 0.6 is 11.8 Å². The zero-order valence-corrected chi connectivity index (χ0v) is 16.9. The molecule has 1 saturated heterocycles. The van der Waals surface area contributed by atoms with E-state index in [0.29, 0.717) is 11.8 Å². The van der Waals surface area contributed by atoms with Gasteiger partial charge in [-0.1, -0.05) is 12.8 Å². The highest BCUT2D eigenvalue weighted by Gasteiger charge is 2.33. The normalized spacial score (nSPS) is 18.5. The van der Waals surface area contributed by atoms with Crippen LogP contribution in [-0.4, -0.2) is 44.9 Å². The third kappa shape index (κ3) is 4.64. The largest absolute Gasteiger partial charge is 0.495 e. The number of hydrogen-bond donors (Lipinski definition) is 1. The number of sulfonamides is 1. The second kappa shape index (κ2) is 8.62. The number of anilines is 1. The first-order valence-electron chi connectivity index (χ1n) is 9.07. The van der Waals surface area contributed by atoms with Crippen LogP contribution in [0.25, 0.3) is 0 Å². The summed E-state index contributed by atoms with van der Waals surface area (Å²) in [6, 6.07) is 4.21. The number of ether oxygens (including phenoxy) is 1. The van der Waals surface area contributed by atoms with E-state index in [0.717, 1.165) is 10.7 Å². The Labute approximate surface area is 163 Å². The van der Waals surface area contributed by atoms with Gasteiger partial charge in [0.1, 0.15) is 5.75 Å². The Bertz CT molecular complexity index is 803. The van der Waals surface area contributed by atoms with Crippen LogP contribution in [0.5, 0.6) is 5.75 Å². The van der Waals surface area contributed by atoms with Crippen LogP contribution in [0.4, 0.5) is 5.69 Å². The molecule has 0 unspecified atom stereocenters. The summed E-state index contributed by atoms with van der Waals surface area (Å²) in [7, 11) is -2.32. The number of nitrogens with one attached hydrogen (secondary N) is 1. The van der Waals surface area contributed by atoms with E-state index in [2.05, 4.69) is 4.72 Å². The lowest BCUT2D eigenvalue weighted by atomic mass is 10.2. The predicted octanol–water partition coefficient (Wildman–Crippen LogP) is 2.30. The lowest BCUT2D eigenvalue weighted by Crippen LogP contribution is -2.30. The molecule has 1 heterocycles. The fraction of sp³-hybridized carbons (Fsp3) is 0.556. The number of carbonyl (C=O) groups excluding carboxylic acids is 2. The second-order valence-electron chi connectivity index (χ2n) is 6.63. The van der Waals surface area contributed by atoms with E-state index in [9.17, 15) is 18.0 Å². The lowest BCUT2D eigenvalue weighted by molar-refractivity contribution is -0.121. The SMILES string of the molecule is COc1ccc(S(=O)(=O)NCCSC2CCCC2)cc1N1C(=O)CCC1=O. The molecule has 2 aliphatic rings. The number of rotatable bonds is 8. The average Bonchev–Trinajstić information content (AvgIpc) is 3.28. The number of nitrogens with zero attached hydrogens (tertiary/aromatic N) is 1. The minimum absolute atomic E-state index is 0.0108. The fourth-order valence-corrected chi connectivity index (χ4v) is 5.80. The maximum Gasteiger partial charge on any atom is 0.240 e. The molecule has 7 nitrogen and oxygen atoms in total. The molecule has 1 aliphatic carbocycles. The summed E-state index contributed by atoms with van der Waals surface area (Å²) in [5.74, 6) is 0.299. The van der Waals surface area contributed by atoms with E-state index < -0.39 is 10.0 Å². The van der Waals surface area contributed by atoms with Gasteiger partial charge in [0.15, 0.2) is 0 Å². The van der Waals surface area contributed by atoms with Gasteiger partial charge in [-0.25, -0.2) is 18.0 Å². The maximum atomic E-state index is 12.6. The summed E-state index contributed by atoms with van der Waals surface area (Å²) in [6.07, 6.45) is 5.16. The van der Waals surface area contributed by atoms with Crippen LogP contribution in [0.1, 0.15) is 38.5 Å². The van der Waals surface area contributed by atoms with Crippen LogP contribution in [0.15, 0.2) is 23.1 Å². The standard InChI is InChI=1S/C18H24N2O5S2/c1-25-16-7-6-14(12-15(16)20-17(21)8-9-18(20)22)27(23,24)19-10-11-26-13-4-2-3-5-13/h6-7,12-13,19H,2-5,8-11H2,1H3. The Kier molecular flexibility index (Phi) is 6.44. The Morgan fingerprint density at radius 1 is 1.19 bits per heavy atom. The first-order chi connectivity index (χ1) is 12.9. The molecule has 0 spiro atoms. The molecular formula is C18H24N2O5S2. The van der Waals surface area contributed by atoms with Gasteiger partial charge in [0, 0.05) is 30.4 Å². The molecule has 1 N–H and O–H groups in total. The summed E-state index contributed by atoms with van der Waals surface area (Å²) < 4.78 is 33.0. The molecule has 3 rings (SSSR count). The van der Waals surface area contributed by atoms with Crippen molar-refractivity contribution >= 4 is 39.3 Å². The van der Waals surface area contributed by atoms with Gasteiger partial charge in [-0.2, -0.15) is 11.8 Å². The maximum absolute atomic E-state index is 12.6. The monoisotopic (exact) mass is 412 g/mol. The molecule has 1 aromatic carbocycles. The summed E-state index contributed by atoms with van der Waals surface area (Å²) in [5, 5.41) is 0.634. The van der Waals surface area contributed by atoms with Crippen molar-refractivity contribution in [2.75, 3.05) is 24.3 Å². The molecule has 1 aliphatic heterocycles. The van der Waals surface area contributed by atoms with Crippen LogP contribution in [0.2, 0.25) is 0 Å². The van der Waals surface area contributed by atoms with E-state index >= 15 is 0 Å². The Hall–Kier alpha value is -1.58. The number of hydrogen-bond acceptors (Lipinski definition) is 6. The molecular weight excluding hydrogens is 388 g/mol. The first-order valence-corrected chi connectivity index (χ1v) is 11.6. The van der Waals surface area contributed by atoms with Crippen molar-refractivity contribution in [1.29, 1.82) is 0 Å². The third-order valence-electron chi connectivity index (χ3n) is 4.80. The molecule has 1 aromatic rings. The van der Waals surface area contributed by atoms with Gasteiger partial charge >= 0.3 is 0 Å². The molecule has 148 valence electrons.